The Labute approximate surface area is 202 Å². The Morgan fingerprint density at radius 2 is 1.67 bits per heavy atom. The Hall–Kier alpha value is -1.00. The summed E-state index contributed by atoms with van der Waals surface area (Å²) >= 11 is 1.88. The molecule has 2 aliphatic rings. The van der Waals surface area contributed by atoms with E-state index in [0.29, 0.717) is 11.2 Å². The third-order valence-corrected chi connectivity index (χ3v) is 6.89. The summed E-state index contributed by atoms with van der Waals surface area (Å²) in [6, 6.07) is 10.5. The molecule has 30 heavy (non-hydrogen) atoms. The average molecular weight is 546 g/mol. The first-order valence-electron chi connectivity index (χ1n) is 10.8. The minimum absolute atomic E-state index is 0. The zero-order chi connectivity index (χ0) is 20.6. The van der Waals surface area contributed by atoms with Crippen molar-refractivity contribution in [2.75, 3.05) is 52.9 Å². The number of hydrogen-bond donors (Lipinski definition) is 1. The Balaban J connectivity index is 0.00000320. The maximum Gasteiger partial charge on any atom is 0.239 e. The number of carbonyl (C=O) groups is 1. The molecule has 8 heteroatoms. The van der Waals surface area contributed by atoms with Crippen LogP contribution in [-0.4, -0.2) is 90.7 Å². The molecule has 1 N–H and O–H groups in total. The van der Waals surface area contributed by atoms with Gasteiger partial charge < -0.3 is 15.1 Å². The lowest BCUT2D eigenvalue weighted by atomic mass is 10.2. The van der Waals surface area contributed by atoms with E-state index in [1.54, 1.807) is 0 Å². The number of benzene rings is 1. The van der Waals surface area contributed by atoms with Gasteiger partial charge in [0.25, 0.3) is 0 Å². The van der Waals surface area contributed by atoms with Crippen LogP contribution in [0.25, 0.3) is 0 Å². The van der Waals surface area contributed by atoms with Crippen molar-refractivity contribution in [3.8, 4) is 0 Å². The highest BCUT2D eigenvalue weighted by Gasteiger charge is 2.30. The molecule has 6 nitrogen and oxygen atoms in total. The summed E-state index contributed by atoms with van der Waals surface area (Å²) in [5.74, 6) is 1.26. The third kappa shape index (κ3) is 7.02. The second-order valence-corrected chi connectivity index (χ2v) is 9.41. The molecular weight excluding hydrogens is 509 g/mol. The second-order valence-electron chi connectivity index (χ2n) is 7.90. The van der Waals surface area contributed by atoms with Crippen LogP contribution < -0.4 is 5.32 Å². The van der Waals surface area contributed by atoms with Crippen molar-refractivity contribution in [2.24, 2.45) is 4.99 Å². The normalized spacial score (nSPS) is 19.9. The van der Waals surface area contributed by atoms with Crippen LogP contribution in [0.1, 0.15) is 26.7 Å². The summed E-state index contributed by atoms with van der Waals surface area (Å²) in [7, 11) is 1.85. The van der Waals surface area contributed by atoms with Gasteiger partial charge in [-0.05, 0) is 31.9 Å². The van der Waals surface area contributed by atoms with Crippen LogP contribution in [0.5, 0.6) is 0 Å². The molecule has 0 radical (unpaired) electrons. The summed E-state index contributed by atoms with van der Waals surface area (Å²) in [6.07, 6.45) is 2.30. The van der Waals surface area contributed by atoms with E-state index in [-0.39, 0.29) is 30.0 Å². The highest BCUT2D eigenvalue weighted by molar-refractivity contribution is 14.0. The number of piperazine rings is 1. The maximum absolute atomic E-state index is 12.7. The van der Waals surface area contributed by atoms with E-state index in [0.717, 1.165) is 64.6 Å². The topological polar surface area (TPSA) is 51.2 Å². The number of hydrogen-bond acceptors (Lipinski definition) is 4. The van der Waals surface area contributed by atoms with E-state index >= 15 is 0 Å². The molecule has 2 unspecified atom stereocenters. The summed E-state index contributed by atoms with van der Waals surface area (Å²) in [6.45, 7) is 10.6. The maximum atomic E-state index is 12.7. The molecule has 1 aromatic carbocycles. The van der Waals surface area contributed by atoms with E-state index in [9.17, 15) is 4.79 Å². The fraction of sp³-hybridized carbons (Fsp3) is 0.636. The summed E-state index contributed by atoms with van der Waals surface area (Å²) in [5.41, 5.74) is 0. The fourth-order valence-electron chi connectivity index (χ4n) is 4.02. The number of nitrogens with zero attached hydrogens (tertiary/aromatic N) is 4. The molecule has 0 aromatic heterocycles. The Bertz CT molecular complexity index is 675. The first-order chi connectivity index (χ1) is 14.1. The van der Waals surface area contributed by atoms with Crippen molar-refractivity contribution in [2.45, 2.75) is 42.9 Å². The summed E-state index contributed by atoms with van der Waals surface area (Å²) in [5, 5.41) is 3.98. The fourth-order valence-corrected chi connectivity index (χ4v) is 4.96. The molecular formula is C22H36IN5OS. The van der Waals surface area contributed by atoms with Gasteiger partial charge in [-0.1, -0.05) is 25.1 Å². The van der Waals surface area contributed by atoms with Gasteiger partial charge in [-0.3, -0.25) is 14.7 Å². The van der Waals surface area contributed by atoms with E-state index in [1.165, 1.54) is 4.90 Å². The molecule has 0 aliphatic carbocycles. The van der Waals surface area contributed by atoms with Crippen molar-refractivity contribution in [1.29, 1.82) is 0 Å². The second kappa shape index (κ2) is 12.8. The van der Waals surface area contributed by atoms with Gasteiger partial charge in [0.2, 0.25) is 5.91 Å². The summed E-state index contributed by atoms with van der Waals surface area (Å²) < 4.78 is 0. The number of guanidine groups is 1. The third-order valence-electron chi connectivity index (χ3n) is 5.78. The number of rotatable bonds is 6. The quantitative estimate of drug-likeness (QED) is 0.258. The predicted molar refractivity (Wildman–Crippen MR) is 137 cm³/mol. The van der Waals surface area contributed by atoms with Crippen LogP contribution in [0, 0.1) is 0 Å². The lowest BCUT2D eigenvalue weighted by Gasteiger charge is -2.39. The van der Waals surface area contributed by atoms with Gasteiger partial charge >= 0.3 is 0 Å². The van der Waals surface area contributed by atoms with Crippen molar-refractivity contribution in [3.63, 3.8) is 0 Å². The Kier molecular flexibility index (Phi) is 10.7. The highest BCUT2D eigenvalue weighted by Crippen LogP contribution is 2.22. The van der Waals surface area contributed by atoms with Crippen LogP contribution in [0.2, 0.25) is 0 Å². The van der Waals surface area contributed by atoms with Crippen molar-refractivity contribution < 1.29 is 4.79 Å². The number of carbonyl (C=O) groups excluding carboxylic acids is 1. The van der Waals surface area contributed by atoms with Gasteiger partial charge in [0.15, 0.2) is 5.96 Å². The van der Waals surface area contributed by atoms with E-state index in [1.807, 2.05) is 29.8 Å². The van der Waals surface area contributed by atoms with Gasteiger partial charge in [-0.15, -0.1) is 35.7 Å². The first-order valence-corrected chi connectivity index (χ1v) is 11.7. The van der Waals surface area contributed by atoms with E-state index in [4.69, 9.17) is 0 Å². The van der Waals surface area contributed by atoms with Crippen molar-refractivity contribution >= 4 is 47.6 Å². The number of likely N-dealkylation sites (tertiary alicyclic amines) is 1. The van der Waals surface area contributed by atoms with E-state index < -0.39 is 0 Å². The number of halogens is 1. The molecule has 1 aromatic rings. The zero-order valence-electron chi connectivity index (χ0n) is 18.4. The largest absolute Gasteiger partial charge is 0.355 e. The number of nitrogens with one attached hydrogen (secondary N) is 1. The van der Waals surface area contributed by atoms with Crippen molar-refractivity contribution in [1.82, 2.24) is 20.0 Å². The minimum atomic E-state index is -0.0208. The number of thioether (sulfide) groups is 1. The van der Waals surface area contributed by atoms with Crippen molar-refractivity contribution in [3.05, 3.63) is 30.3 Å². The van der Waals surface area contributed by atoms with Gasteiger partial charge in [0.1, 0.15) is 0 Å². The van der Waals surface area contributed by atoms with Gasteiger partial charge in [0, 0.05) is 63.0 Å². The average Bonchev–Trinajstić information content (AvgIpc) is 3.29. The SMILES string of the molecule is CN=C(NCC(C)Sc1ccccc1)N1CCN(C(C)C(=O)N2CCCC2)CC1.I. The standard InChI is InChI=1S/C22H35N5OS.HI/c1-18(29-20-9-5-4-6-10-20)17-24-22(23-3)27-15-13-25(14-16-27)19(2)21(28)26-11-7-8-12-26;/h4-6,9-10,18-19H,7-8,11-17H2,1-3H3,(H,23,24);1H. The number of amides is 1. The first kappa shape index (κ1) is 25.3. The van der Waals surface area contributed by atoms with Gasteiger partial charge in [0.05, 0.1) is 6.04 Å². The minimum Gasteiger partial charge on any atom is -0.355 e. The molecule has 2 aliphatic heterocycles. The molecule has 0 spiro atoms. The Morgan fingerprint density at radius 1 is 1.03 bits per heavy atom. The molecule has 2 heterocycles. The van der Waals surface area contributed by atoms with E-state index in [2.05, 4.69) is 58.2 Å². The molecule has 0 bridgehead atoms. The lowest BCUT2D eigenvalue weighted by molar-refractivity contribution is -0.135. The van der Waals surface area contributed by atoms with Crippen LogP contribution in [0.3, 0.4) is 0 Å². The van der Waals surface area contributed by atoms with Crippen LogP contribution >= 0.6 is 35.7 Å². The van der Waals surface area contributed by atoms with Gasteiger partial charge in [-0.2, -0.15) is 0 Å². The molecule has 2 atom stereocenters. The molecule has 1 amide bonds. The molecule has 0 saturated carbocycles. The lowest BCUT2D eigenvalue weighted by Crippen LogP contribution is -2.57. The summed E-state index contributed by atoms with van der Waals surface area (Å²) in [4.78, 5) is 25.1. The smallest absolute Gasteiger partial charge is 0.239 e. The molecule has 2 fully saturated rings. The molecule has 3 rings (SSSR count). The monoisotopic (exact) mass is 545 g/mol. The molecule has 2 saturated heterocycles. The number of aliphatic imine (C=N–C) groups is 1. The zero-order valence-corrected chi connectivity index (χ0v) is 21.6. The Morgan fingerprint density at radius 3 is 2.27 bits per heavy atom. The van der Waals surface area contributed by atoms with Crippen LogP contribution in [-0.2, 0) is 4.79 Å². The van der Waals surface area contributed by atoms with Crippen LogP contribution in [0.15, 0.2) is 40.2 Å². The predicted octanol–water partition coefficient (Wildman–Crippen LogP) is 2.99. The highest BCUT2D eigenvalue weighted by atomic mass is 127. The van der Waals surface area contributed by atoms with Crippen LogP contribution in [0.4, 0.5) is 0 Å². The molecule has 168 valence electrons. The van der Waals surface area contributed by atoms with Gasteiger partial charge in [-0.25, -0.2) is 0 Å².